The zero-order valence-corrected chi connectivity index (χ0v) is 10.7. The SMILES string of the molecule is CN(CCC(=O)O)Cc1ccc(N(C)C)cc1. The lowest BCUT2D eigenvalue weighted by molar-refractivity contribution is -0.137. The van der Waals surface area contributed by atoms with E-state index in [0.29, 0.717) is 6.54 Å². The molecule has 0 heterocycles. The van der Waals surface area contributed by atoms with Crippen molar-refractivity contribution in [3.8, 4) is 0 Å². The second-order valence-corrected chi connectivity index (χ2v) is 4.44. The molecular formula is C13H20N2O2. The van der Waals surface area contributed by atoms with Crippen molar-refractivity contribution in [3.05, 3.63) is 29.8 Å². The van der Waals surface area contributed by atoms with Crippen molar-refractivity contribution in [1.29, 1.82) is 0 Å². The molecule has 0 amide bonds. The predicted octanol–water partition coefficient (Wildman–Crippen LogP) is 1.66. The zero-order valence-electron chi connectivity index (χ0n) is 10.7. The number of hydrogen-bond donors (Lipinski definition) is 1. The van der Waals surface area contributed by atoms with E-state index in [1.54, 1.807) is 0 Å². The lowest BCUT2D eigenvalue weighted by Gasteiger charge is -2.17. The molecule has 0 fully saturated rings. The maximum Gasteiger partial charge on any atom is 0.304 e. The second kappa shape index (κ2) is 6.25. The van der Waals surface area contributed by atoms with Gasteiger partial charge in [0.25, 0.3) is 0 Å². The number of aliphatic carboxylic acids is 1. The van der Waals surface area contributed by atoms with Crippen LogP contribution in [0.1, 0.15) is 12.0 Å². The van der Waals surface area contributed by atoms with Crippen LogP contribution in [-0.2, 0) is 11.3 Å². The van der Waals surface area contributed by atoms with Gasteiger partial charge in [-0.1, -0.05) is 12.1 Å². The Morgan fingerprint density at radius 1 is 1.18 bits per heavy atom. The fourth-order valence-electron chi connectivity index (χ4n) is 1.58. The largest absolute Gasteiger partial charge is 0.481 e. The molecule has 1 N–H and O–H groups in total. The molecule has 0 radical (unpaired) electrons. The van der Waals surface area contributed by atoms with E-state index in [9.17, 15) is 4.79 Å². The van der Waals surface area contributed by atoms with Crippen molar-refractivity contribution >= 4 is 11.7 Å². The normalized spacial score (nSPS) is 10.6. The zero-order chi connectivity index (χ0) is 12.8. The van der Waals surface area contributed by atoms with Gasteiger partial charge in [0.15, 0.2) is 0 Å². The Kier molecular flexibility index (Phi) is 4.97. The van der Waals surface area contributed by atoms with Crippen LogP contribution < -0.4 is 4.90 Å². The number of carboxylic acids is 1. The van der Waals surface area contributed by atoms with Gasteiger partial charge in [0.1, 0.15) is 0 Å². The molecule has 94 valence electrons. The highest BCUT2D eigenvalue weighted by Gasteiger charge is 2.03. The lowest BCUT2D eigenvalue weighted by Crippen LogP contribution is -2.21. The molecule has 0 aliphatic heterocycles. The Morgan fingerprint density at radius 2 is 1.76 bits per heavy atom. The van der Waals surface area contributed by atoms with E-state index >= 15 is 0 Å². The molecule has 1 aromatic carbocycles. The van der Waals surface area contributed by atoms with E-state index in [4.69, 9.17) is 5.11 Å². The maximum atomic E-state index is 10.4. The average molecular weight is 236 g/mol. The number of anilines is 1. The van der Waals surface area contributed by atoms with Gasteiger partial charge in [-0.15, -0.1) is 0 Å². The van der Waals surface area contributed by atoms with Crippen LogP contribution in [0.3, 0.4) is 0 Å². The molecule has 4 nitrogen and oxygen atoms in total. The van der Waals surface area contributed by atoms with Crippen LogP contribution in [-0.4, -0.2) is 43.7 Å². The number of carbonyl (C=O) groups is 1. The minimum Gasteiger partial charge on any atom is -0.481 e. The summed E-state index contributed by atoms with van der Waals surface area (Å²) in [4.78, 5) is 14.5. The quantitative estimate of drug-likeness (QED) is 0.816. The highest BCUT2D eigenvalue weighted by Crippen LogP contribution is 2.13. The highest BCUT2D eigenvalue weighted by molar-refractivity contribution is 5.66. The van der Waals surface area contributed by atoms with Crippen molar-refractivity contribution in [2.24, 2.45) is 0 Å². The summed E-state index contributed by atoms with van der Waals surface area (Å²) >= 11 is 0. The Labute approximate surface area is 102 Å². The fraction of sp³-hybridized carbons (Fsp3) is 0.462. The molecular weight excluding hydrogens is 216 g/mol. The molecule has 0 aliphatic carbocycles. The first-order valence-corrected chi connectivity index (χ1v) is 5.65. The molecule has 1 aromatic rings. The summed E-state index contributed by atoms with van der Waals surface area (Å²) in [6.07, 6.45) is 0.187. The molecule has 0 aliphatic rings. The van der Waals surface area contributed by atoms with Gasteiger partial charge in [0.05, 0.1) is 6.42 Å². The number of hydrogen-bond acceptors (Lipinski definition) is 3. The maximum absolute atomic E-state index is 10.4. The van der Waals surface area contributed by atoms with E-state index in [1.165, 1.54) is 11.3 Å². The van der Waals surface area contributed by atoms with Crippen LogP contribution in [0.15, 0.2) is 24.3 Å². The van der Waals surface area contributed by atoms with Gasteiger partial charge in [0.2, 0.25) is 0 Å². The standard InChI is InChI=1S/C13H20N2O2/c1-14(2)12-6-4-11(5-7-12)10-15(3)9-8-13(16)17/h4-7H,8-10H2,1-3H3,(H,16,17). The fourth-order valence-corrected chi connectivity index (χ4v) is 1.58. The van der Waals surface area contributed by atoms with Gasteiger partial charge in [0, 0.05) is 32.9 Å². The smallest absolute Gasteiger partial charge is 0.304 e. The molecule has 0 saturated carbocycles. The first-order valence-electron chi connectivity index (χ1n) is 5.65. The van der Waals surface area contributed by atoms with Gasteiger partial charge in [-0.3, -0.25) is 4.79 Å². The Balaban J connectivity index is 2.48. The third-order valence-electron chi connectivity index (χ3n) is 2.61. The Bertz CT molecular complexity index is 360. The van der Waals surface area contributed by atoms with Crippen molar-refractivity contribution in [2.45, 2.75) is 13.0 Å². The lowest BCUT2D eigenvalue weighted by atomic mass is 10.2. The summed E-state index contributed by atoms with van der Waals surface area (Å²) in [5.74, 6) is -0.750. The first-order chi connectivity index (χ1) is 7.99. The molecule has 4 heteroatoms. The van der Waals surface area contributed by atoms with Crippen LogP contribution in [0, 0.1) is 0 Å². The summed E-state index contributed by atoms with van der Waals surface area (Å²) < 4.78 is 0. The molecule has 17 heavy (non-hydrogen) atoms. The van der Waals surface area contributed by atoms with Crippen LogP contribution in [0.25, 0.3) is 0 Å². The molecule has 0 atom stereocenters. The van der Waals surface area contributed by atoms with E-state index < -0.39 is 5.97 Å². The molecule has 0 aromatic heterocycles. The second-order valence-electron chi connectivity index (χ2n) is 4.44. The Hall–Kier alpha value is -1.55. The van der Waals surface area contributed by atoms with Gasteiger partial charge < -0.3 is 14.9 Å². The van der Waals surface area contributed by atoms with Gasteiger partial charge in [-0.05, 0) is 24.7 Å². The van der Waals surface area contributed by atoms with E-state index in [0.717, 1.165) is 6.54 Å². The number of carboxylic acid groups (broad SMARTS) is 1. The van der Waals surface area contributed by atoms with Crippen LogP contribution in [0.4, 0.5) is 5.69 Å². The van der Waals surface area contributed by atoms with Crippen molar-refractivity contribution < 1.29 is 9.90 Å². The highest BCUT2D eigenvalue weighted by atomic mass is 16.4. The van der Waals surface area contributed by atoms with Crippen molar-refractivity contribution in [1.82, 2.24) is 4.90 Å². The minimum absolute atomic E-state index is 0.187. The number of nitrogens with zero attached hydrogens (tertiary/aromatic N) is 2. The van der Waals surface area contributed by atoms with Crippen LogP contribution >= 0.6 is 0 Å². The van der Waals surface area contributed by atoms with Crippen LogP contribution in [0.2, 0.25) is 0 Å². The third-order valence-corrected chi connectivity index (χ3v) is 2.61. The average Bonchev–Trinajstić information content (AvgIpc) is 2.27. The molecule has 0 saturated heterocycles. The van der Waals surface area contributed by atoms with Crippen molar-refractivity contribution in [3.63, 3.8) is 0 Å². The van der Waals surface area contributed by atoms with E-state index in [1.807, 2.05) is 26.0 Å². The van der Waals surface area contributed by atoms with E-state index in [2.05, 4.69) is 29.2 Å². The first kappa shape index (κ1) is 13.5. The summed E-state index contributed by atoms with van der Waals surface area (Å²) in [6.45, 7) is 1.35. The van der Waals surface area contributed by atoms with E-state index in [-0.39, 0.29) is 6.42 Å². The third kappa shape index (κ3) is 4.87. The van der Waals surface area contributed by atoms with Crippen molar-refractivity contribution in [2.75, 3.05) is 32.6 Å². The summed E-state index contributed by atoms with van der Waals surface area (Å²) in [5, 5.41) is 8.59. The number of rotatable bonds is 6. The minimum atomic E-state index is -0.750. The summed E-state index contributed by atoms with van der Waals surface area (Å²) in [5.41, 5.74) is 2.37. The summed E-state index contributed by atoms with van der Waals surface area (Å²) in [7, 11) is 5.95. The molecule has 0 bridgehead atoms. The topological polar surface area (TPSA) is 43.8 Å². The monoisotopic (exact) mass is 236 g/mol. The van der Waals surface area contributed by atoms with Gasteiger partial charge >= 0.3 is 5.97 Å². The molecule has 0 unspecified atom stereocenters. The summed E-state index contributed by atoms with van der Waals surface area (Å²) in [6, 6.07) is 8.29. The van der Waals surface area contributed by atoms with Gasteiger partial charge in [-0.25, -0.2) is 0 Å². The Morgan fingerprint density at radius 3 is 2.24 bits per heavy atom. The molecule has 0 spiro atoms. The predicted molar refractivity (Wildman–Crippen MR) is 69.4 cm³/mol. The molecule has 1 rings (SSSR count). The van der Waals surface area contributed by atoms with Gasteiger partial charge in [-0.2, -0.15) is 0 Å². The van der Waals surface area contributed by atoms with Crippen LogP contribution in [0.5, 0.6) is 0 Å². The number of benzene rings is 1.